The van der Waals surface area contributed by atoms with Crippen molar-refractivity contribution in [1.82, 2.24) is 4.90 Å². The Hall–Kier alpha value is -0.780. The van der Waals surface area contributed by atoms with Gasteiger partial charge in [-0.15, -0.1) is 0 Å². The summed E-state index contributed by atoms with van der Waals surface area (Å²) in [4.78, 5) is 14.5. The van der Waals surface area contributed by atoms with Crippen LogP contribution in [0.3, 0.4) is 0 Å². The molecule has 3 nitrogen and oxygen atoms in total. The van der Waals surface area contributed by atoms with Crippen LogP contribution >= 0.6 is 15.9 Å². The van der Waals surface area contributed by atoms with Crippen molar-refractivity contribution in [2.75, 3.05) is 19.7 Å². The first-order chi connectivity index (χ1) is 9.47. The fraction of sp³-hybridized carbons (Fsp3) is 0.533. The third-order valence-electron chi connectivity index (χ3n) is 3.56. The highest BCUT2D eigenvalue weighted by Gasteiger charge is 2.28. The van der Waals surface area contributed by atoms with Crippen molar-refractivity contribution in [2.45, 2.75) is 32.4 Å². The normalized spacial score (nSPS) is 20.4. The molecule has 0 spiro atoms. The number of ketones is 1. The number of Topliss-reactive ketones (excluding diaryl/α,β-unsaturated/α-hetero) is 1. The van der Waals surface area contributed by atoms with Crippen molar-refractivity contribution in [2.24, 2.45) is 0 Å². The molecule has 20 heavy (non-hydrogen) atoms. The highest BCUT2D eigenvalue weighted by molar-refractivity contribution is 9.10. The number of nitrogens with zero attached hydrogens (tertiary/aromatic N) is 1. The van der Waals surface area contributed by atoms with Crippen molar-refractivity contribution in [3.8, 4) is 0 Å². The van der Waals surface area contributed by atoms with Gasteiger partial charge in [0.05, 0.1) is 6.61 Å². The Morgan fingerprint density at radius 2 is 2.30 bits per heavy atom. The van der Waals surface area contributed by atoms with Gasteiger partial charge in [0.25, 0.3) is 0 Å². The molecule has 1 heterocycles. The SMILES string of the molecule is CC(C)N1CCOC(C(=O)Cc2cc(F)ccc2Br)C1. The van der Waals surface area contributed by atoms with Crippen LogP contribution in [0.4, 0.5) is 4.39 Å². The Labute approximate surface area is 127 Å². The van der Waals surface area contributed by atoms with Crippen LogP contribution in [0.15, 0.2) is 22.7 Å². The average Bonchev–Trinajstić information content (AvgIpc) is 2.43. The summed E-state index contributed by atoms with van der Waals surface area (Å²) in [5.41, 5.74) is 0.667. The number of hydrogen-bond donors (Lipinski definition) is 0. The maximum absolute atomic E-state index is 13.2. The first-order valence-corrected chi connectivity index (χ1v) is 7.59. The molecular formula is C15H19BrFNO2. The van der Waals surface area contributed by atoms with Gasteiger partial charge in [-0.05, 0) is 37.6 Å². The van der Waals surface area contributed by atoms with Gasteiger partial charge >= 0.3 is 0 Å². The van der Waals surface area contributed by atoms with E-state index in [1.165, 1.54) is 12.1 Å². The molecule has 1 atom stereocenters. The molecule has 0 radical (unpaired) electrons. The molecule has 0 saturated carbocycles. The topological polar surface area (TPSA) is 29.5 Å². The highest BCUT2D eigenvalue weighted by atomic mass is 79.9. The summed E-state index contributed by atoms with van der Waals surface area (Å²) in [7, 11) is 0. The first-order valence-electron chi connectivity index (χ1n) is 6.79. The van der Waals surface area contributed by atoms with E-state index >= 15 is 0 Å². The minimum Gasteiger partial charge on any atom is -0.368 e. The van der Waals surface area contributed by atoms with Gasteiger partial charge in [-0.25, -0.2) is 4.39 Å². The van der Waals surface area contributed by atoms with Gasteiger partial charge in [0.1, 0.15) is 11.9 Å². The van der Waals surface area contributed by atoms with Crippen molar-refractivity contribution < 1.29 is 13.9 Å². The second-order valence-electron chi connectivity index (χ2n) is 5.33. The van der Waals surface area contributed by atoms with Crippen LogP contribution in [-0.2, 0) is 16.0 Å². The number of ether oxygens (including phenoxy) is 1. The largest absolute Gasteiger partial charge is 0.368 e. The maximum Gasteiger partial charge on any atom is 0.167 e. The zero-order chi connectivity index (χ0) is 14.7. The molecule has 0 aromatic heterocycles. The van der Waals surface area contributed by atoms with E-state index in [2.05, 4.69) is 34.7 Å². The Bertz CT molecular complexity index is 493. The lowest BCUT2D eigenvalue weighted by atomic mass is 10.0. The van der Waals surface area contributed by atoms with Crippen LogP contribution in [0, 0.1) is 5.82 Å². The number of benzene rings is 1. The summed E-state index contributed by atoms with van der Waals surface area (Å²) in [5, 5.41) is 0. The lowest BCUT2D eigenvalue weighted by molar-refractivity contribution is -0.136. The third-order valence-corrected chi connectivity index (χ3v) is 4.33. The van der Waals surface area contributed by atoms with Crippen molar-refractivity contribution >= 4 is 21.7 Å². The lowest BCUT2D eigenvalue weighted by Crippen LogP contribution is -2.49. The second-order valence-corrected chi connectivity index (χ2v) is 6.18. The Morgan fingerprint density at radius 3 is 3.00 bits per heavy atom. The van der Waals surface area contributed by atoms with Gasteiger partial charge in [-0.3, -0.25) is 9.69 Å². The molecule has 110 valence electrons. The van der Waals surface area contributed by atoms with Crippen molar-refractivity contribution in [1.29, 1.82) is 0 Å². The molecule has 0 amide bonds. The summed E-state index contributed by atoms with van der Waals surface area (Å²) in [6.45, 7) is 6.25. The van der Waals surface area contributed by atoms with Crippen LogP contribution in [0.25, 0.3) is 0 Å². The minimum absolute atomic E-state index is 0.00153. The molecule has 2 rings (SSSR count). The zero-order valence-corrected chi connectivity index (χ0v) is 13.3. The second kappa shape index (κ2) is 6.78. The Morgan fingerprint density at radius 1 is 1.55 bits per heavy atom. The van der Waals surface area contributed by atoms with Crippen LogP contribution < -0.4 is 0 Å². The molecule has 0 bridgehead atoms. The monoisotopic (exact) mass is 343 g/mol. The Balaban J connectivity index is 2.02. The van der Waals surface area contributed by atoms with Crippen molar-refractivity contribution in [3.05, 3.63) is 34.1 Å². The predicted molar refractivity (Wildman–Crippen MR) is 79.3 cm³/mol. The molecular weight excluding hydrogens is 325 g/mol. The average molecular weight is 344 g/mol. The molecule has 1 aromatic carbocycles. The molecule has 1 aliphatic rings. The fourth-order valence-electron chi connectivity index (χ4n) is 2.31. The van der Waals surface area contributed by atoms with E-state index in [9.17, 15) is 9.18 Å². The van der Waals surface area contributed by atoms with E-state index in [0.717, 1.165) is 11.0 Å². The molecule has 1 unspecified atom stereocenters. The summed E-state index contributed by atoms with van der Waals surface area (Å²) < 4.78 is 19.6. The molecule has 1 aliphatic heterocycles. The van der Waals surface area contributed by atoms with E-state index < -0.39 is 6.10 Å². The molecule has 5 heteroatoms. The first kappa shape index (κ1) is 15.6. The predicted octanol–water partition coefficient (Wildman–Crippen LogP) is 2.81. The van der Waals surface area contributed by atoms with E-state index in [4.69, 9.17) is 4.74 Å². The maximum atomic E-state index is 13.2. The van der Waals surface area contributed by atoms with E-state index in [1.807, 2.05) is 0 Å². The highest BCUT2D eigenvalue weighted by Crippen LogP contribution is 2.20. The number of rotatable bonds is 4. The van der Waals surface area contributed by atoms with E-state index in [-0.39, 0.29) is 18.0 Å². The Kier molecular flexibility index (Phi) is 5.29. The number of halogens is 2. The standard InChI is InChI=1S/C15H19BrFNO2/c1-10(2)18-5-6-20-15(9-18)14(19)8-11-7-12(17)3-4-13(11)16/h3-4,7,10,15H,5-6,8-9H2,1-2H3. The van der Waals surface area contributed by atoms with Crippen LogP contribution in [0.2, 0.25) is 0 Å². The summed E-state index contributed by atoms with van der Waals surface area (Å²) in [6.07, 6.45) is -0.226. The molecule has 0 N–H and O–H groups in total. The zero-order valence-electron chi connectivity index (χ0n) is 11.7. The van der Waals surface area contributed by atoms with Crippen LogP contribution in [0.5, 0.6) is 0 Å². The van der Waals surface area contributed by atoms with Gasteiger partial charge in [-0.2, -0.15) is 0 Å². The number of morpholine rings is 1. The summed E-state index contributed by atoms with van der Waals surface area (Å²) >= 11 is 3.35. The van der Waals surface area contributed by atoms with E-state index in [0.29, 0.717) is 24.8 Å². The fourth-order valence-corrected chi connectivity index (χ4v) is 2.70. The number of carbonyl (C=O) groups is 1. The minimum atomic E-state index is -0.415. The number of carbonyl (C=O) groups excluding carboxylic acids is 1. The quantitative estimate of drug-likeness (QED) is 0.841. The molecule has 1 aromatic rings. The van der Waals surface area contributed by atoms with Crippen LogP contribution in [-0.4, -0.2) is 42.5 Å². The summed E-state index contributed by atoms with van der Waals surface area (Å²) in [6, 6.07) is 4.79. The van der Waals surface area contributed by atoms with Crippen LogP contribution in [0.1, 0.15) is 19.4 Å². The molecule has 1 fully saturated rings. The molecule has 1 saturated heterocycles. The van der Waals surface area contributed by atoms with Gasteiger partial charge < -0.3 is 4.74 Å². The van der Waals surface area contributed by atoms with Gasteiger partial charge in [0.2, 0.25) is 0 Å². The van der Waals surface area contributed by atoms with Gasteiger partial charge in [-0.1, -0.05) is 15.9 Å². The lowest BCUT2D eigenvalue weighted by Gasteiger charge is -2.34. The van der Waals surface area contributed by atoms with E-state index in [1.54, 1.807) is 6.07 Å². The summed E-state index contributed by atoms with van der Waals surface area (Å²) in [5.74, 6) is -0.328. The van der Waals surface area contributed by atoms with Gasteiger partial charge in [0, 0.05) is 30.0 Å². The number of hydrogen-bond acceptors (Lipinski definition) is 3. The van der Waals surface area contributed by atoms with Crippen molar-refractivity contribution in [3.63, 3.8) is 0 Å². The smallest absolute Gasteiger partial charge is 0.167 e. The molecule has 0 aliphatic carbocycles. The third kappa shape index (κ3) is 3.87. The van der Waals surface area contributed by atoms with Gasteiger partial charge in [0.15, 0.2) is 5.78 Å².